The first kappa shape index (κ1) is 17.2. The summed E-state index contributed by atoms with van der Waals surface area (Å²) in [4.78, 5) is 0. The van der Waals surface area contributed by atoms with Crippen LogP contribution in [0.3, 0.4) is 0 Å². The third-order valence-electron chi connectivity index (χ3n) is 3.29. The Balaban J connectivity index is 2.35. The molecule has 0 unspecified atom stereocenters. The van der Waals surface area contributed by atoms with Crippen LogP contribution >= 0.6 is 0 Å². The highest BCUT2D eigenvalue weighted by molar-refractivity contribution is 7.86. The minimum Gasteiger partial charge on any atom is -0.270 e. The molecule has 4 heteroatoms. The van der Waals surface area contributed by atoms with Gasteiger partial charge in [0.05, 0.1) is 12.4 Å². The van der Waals surface area contributed by atoms with Gasteiger partial charge in [-0.25, -0.2) is 0 Å². The van der Waals surface area contributed by atoms with Gasteiger partial charge in [-0.15, -0.1) is 0 Å². The van der Waals surface area contributed by atoms with Crippen molar-refractivity contribution in [2.75, 3.05) is 12.4 Å². The van der Waals surface area contributed by atoms with E-state index in [-0.39, 0.29) is 12.4 Å². The van der Waals surface area contributed by atoms with Crippen molar-refractivity contribution in [1.82, 2.24) is 0 Å². The van der Waals surface area contributed by atoms with E-state index in [1.165, 1.54) is 30.4 Å². The van der Waals surface area contributed by atoms with E-state index in [4.69, 9.17) is 4.18 Å². The lowest BCUT2D eigenvalue weighted by molar-refractivity contribution is 0.313. The first-order valence-electron chi connectivity index (χ1n) is 7.52. The average Bonchev–Trinajstić information content (AvgIpc) is 2.45. The minimum absolute atomic E-state index is 0.0416. The van der Waals surface area contributed by atoms with E-state index in [0.717, 1.165) is 19.3 Å². The predicted octanol–water partition coefficient (Wildman–Crippen LogP) is 3.72. The molecule has 0 N–H and O–H groups in total. The highest BCUT2D eigenvalue weighted by Gasteiger charge is 2.06. The zero-order valence-electron chi connectivity index (χ0n) is 12.6. The van der Waals surface area contributed by atoms with Gasteiger partial charge in [0.1, 0.15) is 0 Å². The molecular formula is C16H26O3S. The Morgan fingerprint density at radius 1 is 1.00 bits per heavy atom. The molecule has 0 aliphatic carbocycles. The first-order chi connectivity index (χ1) is 9.57. The molecule has 1 aromatic rings. The summed E-state index contributed by atoms with van der Waals surface area (Å²) in [6.07, 6.45) is 6.47. The molecule has 0 amide bonds. The Morgan fingerprint density at radius 2 is 1.65 bits per heavy atom. The quantitative estimate of drug-likeness (QED) is 0.488. The summed E-state index contributed by atoms with van der Waals surface area (Å²) in [5, 5.41) is 0. The Kier molecular flexibility index (Phi) is 7.85. The van der Waals surface area contributed by atoms with Gasteiger partial charge in [0, 0.05) is 0 Å². The lowest BCUT2D eigenvalue weighted by Crippen LogP contribution is -2.09. The van der Waals surface area contributed by atoms with Crippen molar-refractivity contribution in [1.29, 1.82) is 0 Å². The van der Waals surface area contributed by atoms with Crippen LogP contribution in [0.5, 0.6) is 0 Å². The molecule has 0 bridgehead atoms. The van der Waals surface area contributed by atoms with Crippen LogP contribution in [-0.2, 0) is 27.1 Å². The lowest BCUT2D eigenvalue weighted by Gasteiger charge is -2.06. The molecule has 20 heavy (non-hydrogen) atoms. The second kappa shape index (κ2) is 9.14. The molecule has 0 aromatic heterocycles. The Bertz CT molecular complexity index is 480. The van der Waals surface area contributed by atoms with E-state index >= 15 is 0 Å². The molecule has 0 atom stereocenters. The molecule has 0 radical (unpaired) electrons. The maximum Gasteiger partial charge on any atom is 0.267 e. The molecule has 0 spiro atoms. The smallest absolute Gasteiger partial charge is 0.267 e. The van der Waals surface area contributed by atoms with E-state index in [1.807, 2.05) is 0 Å². The number of benzene rings is 1. The van der Waals surface area contributed by atoms with E-state index < -0.39 is 10.1 Å². The van der Waals surface area contributed by atoms with Crippen molar-refractivity contribution < 1.29 is 12.6 Å². The van der Waals surface area contributed by atoms with Crippen molar-refractivity contribution in [3.8, 4) is 0 Å². The SMILES string of the molecule is CCCCCc1cccc(CCCOS(=O)(=O)CC)c1. The van der Waals surface area contributed by atoms with Gasteiger partial charge in [0.25, 0.3) is 10.1 Å². The molecule has 0 saturated heterocycles. The van der Waals surface area contributed by atoms with Crippen molar-refractivity contribution in [2.45, 2.75) is 52.4 Å². The van der Waals surface area contributed by atoms with Crippen LogP contribution in [0.4, 0.5) is 0 Å². The van der Waals surface area contributed by atoms with Gasteiger partial charge in [0.15, 0.2) is 0 Å². The highest BCUT2D eigenvalue weighted by atomic mass is 32.2. The van der Waals surface area contributed by atoms with E-state index in [0.29, 0.717) is 0 Å². The molecule has 3 nitrogen and oxygen atoms in total. The minimum atomic E-state index is -3.30. The van der Waals surface area contributed by atoms with Crippen LogP contribution < -0.4 is 0 Å². The molecule has 0 aliphatic rings. The number of rotatable bonds is 10. The van der Waals surface area contributed by atoms with Crippen LogP contribution in [0.25, 0.3) is 0 Å². The summed E-state index contributed by atoms with van der Waals surface area (Å²) < 4.78 is 27.3. The van der Waals surface area contributed by atoms with Crippen LogP contribution in [0.1, 0.15) is 50.7 Å². The first-order valence-corrected chi connectivity index (χ1v) is 9.10. The average molecular weight is 298 g/mol. The zero-order valence-corrected chi connectivity index (χ0v) is 13.4. The fraction of sp³-hybridized carbons (Fsp3) is 0.625. The lowest BCUT2D eigenvalue weighted by atomic mass is 10.0. The second-order valence-corrected chi connectivity index (χ2v) is 6.98. The van der Waals surface area contributed by atoms with Gasteiger partial charge in [-0.05, 0) is 43.7 Å². The van der Waals surface area contributed by atoms with Crippen LogP contribution in [0.2, 0.25) is 0 Å². The van der Waals surface area contributed by atoms with Crippen molar-refractivity contribution in [2.24, 2.45) is 0 Å². The molecule has 0 heterocycles. The van der Waals surface area contributed by atoms with Gasteiger partial charge in [-0.2, -0.15) is 8.42 Å². The largest absolute Gasteiger partial charge is 0.270 e. The van der Waals surface area contributed by atoms with E-state index in [2.05, 4.69) is 31.2 Å². The van der Waals surface area contributed by atoms with Gasteiger partial charge in [-0.3, -0.25) is 4.18 Å². The number of hydrogen-bond donors (Lipinski definition) is 0. The molecular weight excluding hydrogens is 272 g/mol. The summed E-state index contributed by atoms with van der Waals surface area (Å²) in [5.74, 6) is 0.0416. The topological polar surface area (TPSA) is 43.4 Å². The third kappa shape index (κ3) is 7.06. The van der Waals surface area contributed by atoms with Gasteiger partial charge < -0.3 is 0 Å². The van der Waals surface area contributed by atoms with Gasteiger partial charge in [-0.1, -0.05) is 44.0 Å². The summed E-state index contributed by atoms with van der Waals surface area (Å²) in [6.45, 7) is 4.08. The van der Waals surface area contributed by atoms with Crippen molar-refractivity contribution >= 4 is 10.1 Å². The van der Waals surface area contributed by atoms with Crippen molar-refractivity contribution in [3.63, 3.8) is 0 Å². The van der Waals surface area contributed by atoms with Crippen LogP contribution in [0, 0.1) is 0 Å². The van der Waals surface area contributed by atoms with E-state index in [1.54, 1.807) is 6.92 Å². The second-order valence-electron chi connectivity index (χ2n) is 5.05. The molecule has 0 saturated carbocycles. The molecule has 114 valence electrons. The molecule has 1 aromatic carbocycles. The summed E-state index contributed by atoms with van der Waals surface area (Å²) in [6, 6.07) is 8.57. The van der Waals surface area contributed by atoms with Crippen LogP contribution in [-0.4, -0.2) is 20.8 Å². The molecule has 0 fully saturated rings. The van der Waals surface area contributed by atoms with Crippen LogP contribution in [0.15, 0.2) is 24.3 Å². The fourth-order valence-electron chi connectivity index (χ4n) is 2.07. The number of hydrogen-bond acceptors (Lipinski definition) is 3. The zero-order chi connectivity index (χ0) is 14.8. The summed E-state index contributed by atoms with van der Waals surface area (Å²) >= 11 is 0. The molecule has 0 aliphatic heterocycles. The monoisotopic (exact) mass is 298 g/mol. The maximum atomic E-state index is 11.2. The summed E-state index contributed by atoms with van der Waals surface area (Å²) in [7, 11) is -3.30. The Labute approximate surface area is 123 Å². The normalized spacial score (nSPS) is 11.7. The van der Waals surface area contributed by atoms with Gasteiger partial charge in [0.2, 0.25) is 0 Å². The Morgan fingerprint density at radius 3 is 2.25 bits per heavy atom. The summed E-state index contributed by atoms with van der Waals surface area (Å²) in [5.41, 5.74) is 2.63. The predicted molar refractivity (Wildman–Crippen MR) is 83.4 cm³/mol. The Hall–Kier alpha value is -0.870. The van der Waals surface area contributed by atoms with Gasteiger partial charge >= 0.3 is 0 Å². The van der Waals surface area contributed by atoms with Crippen molar-refractivity contribution in [3.05, 3.63) is 35.4 Å². The number of unbranched alkanes of at least 4 members (excludes halogenated alkanes) is 2. The third-order valence-corrected chi connectivity index (χ3v) is 4.52. The molecule has 1 rings (SSSR count). The maximum absolute atomic E-state index is 11.2. The number of aryl methyl sites for hydroxylation is 2. The standard InChI is InChI=1S/C16H26O3S/c1-3-5-6-9-15-10-7-11-16(14-15)12-8-13-19-20(17,18)4-2/h7,10-11,14H,3-6,8-9,12-13H2,1-2H3. The fourth-order valence-corrected chi connectivity index (χ4v) is 2.60. The van der Waals surface area contributed by atoms with E-state index in [9.17, 15) is 8.42 Å². The highest BCUT2D eigenvalue weighted by Crippen LogP contribution is 2.11.